The largest absolute Gasteiger partial charge is 0.481 e. The molecule has 1 N–H and O–H groups in total. The predicted molar refractivity (Wildman–Crippen MR) is 75.3 cm³/mol. The number of carbonyl (C=O) groups is 2. The highest BCUT2D eigenvalue weighted by Gasteiger charge is 2.20. The van der Waals surface area contributed by atoms with E-state index >= 15 is 0 Å². The Bertz CT molecular complexity index is 651. The van der Waals surface area contributed by atoms with Gasteiger partial charge in [0.1, 0.15) is 0 Å². The van der Waals surface area contributed by atoms with Gasteiger partial charge in [-0.3, -0.25) is 9.59 Å². The number of nitrogens with zero attached hydrogens (tertiary/aromatic N) is 4. The minimum absolute atomic E-state index is 0.103. The van der Waals surface area contributed by atoms with E-state index in [9.17, 15) is 9.59 Å². The highest BCUT2D eigenvalue weighted by molar-refractivity contribution is 5.93. The van der Waals surface area contributed by atoms with Gasteiger partial charge in [0, 0.05) is 13.6 Å². The fourth-order valence-electron chi connectivity index (χ4n) is 1.89. The molecule has 0 aliphatic carbocycles. The molecule has 1 heterocycles. The van der Waals surface area contributed by atoms with Gasteiger partial charge in [0.25, 0.3) is 5.91 Å². The number of carbonyl (C=O) groups excluding carboxylic acids is 1. The summed E-state index contributed by atoms with van der Waals surface area (Å²) >= 11 is 0. The normalized spacial score (nSPS) is 10.4. The monoisotopic (exact) mass is 288 g/mol. The van der Waals surface area contributed by atoms with E-state index in [4.69, 9.17) is 5.11 Å². The Morgan fingerprint density at radius 3 is 2.57 bits per heavy atom. The number of carboxylic acids is 1. The van der Waals surface area contributed by atoms with Gasteiger partial charge in [-0.1, -0.05) is 23.4 Å². The zero-order chi connectivity index (χ0) is 15.4. The molecular weight excluding hydrogens is 272 g/mol. The Kier molecular flexibility index (Phi) is 4.32. The lowest BCUT2D eigenvalue weighted by molar-refractivity contribution is -0.137. The summed E-state index contributed by atoms with van der Waals surface area (Å²) in [6.07, 6.45) is -0.103. The van der Waals surface area contributed by atoms with Gasteiger partial charge in [-0.2, -0.15) is 0 Å². The standard InChI is InChI=1S/C14H16N4O3/c1-10-13(14(21)17(2)9-8-12(19)20)15-16-18(10)11-6-4-3-5-7-11/h3-7H,8-9H2,1-2H3,(H,19,20). The van der Waals surface area contributed by atoms with Crippen LogP contribution in [0.4, 0.5) is 0 Å². The topological polar surface area (TPSA) is 88.3 Å². The van der Waals surface area contributed by atoms with Crippen molar-refractivity contribution in [3.05, 3.63) is 41.7 Å². The molecule has 0 spiro atoms. The first-order valence-electron chi connectivity index (χ1n) is 6.45. The molecule has 0 unspecified atom stereocenters. The number of para-hydroxylation sites is 1. The van der Waals surface area contributed by atoms with Crippen LogP contribution in [0, 0.1) is 6.92 Å². The van der Waals surface area contributed by atoms with Gasteiger partial charge < -0.3 is 10.0 Å². The Hall–Kier alpha value is -2.70. The van der Waals surface area contributed by atoms with E-state index in [0.29, 0.717) is 5.69 Å². The second kappa shape index (κ2) is 6.17. The lowest BCUT2D eigenvalue weighted by atomic mass is 10.2. The number of rotatable bonds is 5. The Balaban J connectivity index is 2.20. The summed E-state index contributed by atoms with van der Waals surface area (Å²) in [5.74, 6) is -1.28. The average Bonchev–Trinajstić information content (AvgIpc) is 2.86. The zero-order valence-electron chi connectivity index (χ0n) is 11.9. The van der Waals surface area contributed by atoms with Gasteiger partial charge >= 0.3 is 5.97 Å². The van der Waals surface area contributed by atoms with Crippen molar-refractivity contribution in [2.75, 3.05) is 13.6 Å². The van der Waals surface area contributed by atoms with Crippen LogP contribution in [0.1, 0.15) is 22.6 Å². The minimum atomic E-state index is -0.945. The van der Waals surface area contributed by atoms with Crippen molar-refractivity contribution in [2.45, 2.75) is 13.3 Å². The van der Waals surface area contributed by atoms with Gasteiger partial charge in [-0.15, -0.1) is 5.10 Å². The fourth-order valence-corrected chi connectivity index (χ4v) is 1.89. The highest BCUT2D eigenvalue weighted by atomic mass is 16.4. The van der Waals surface area contributed by atoms with Crippen LogP contribution >= 0.6 is 0 Å². The molecule has 0 bridgehead atoms. The Labute approximate surface area is 121 Å². The lowest BCUT2D eigenvalue weighted by Crippen LogP contribution is -2.29. The number of benzene rings is 1. The fraction of sp³-hybridized carbons (Fsp3) is 0.286. The lowest BCUT2D eigenvalue weighted by Gasteiger charge is -2.14. The molecule has 7 heteroatoms. The molecule has 0 fully saturated rings. The van der Waals surface area contributed by atoms with Crippen LogP contribution in [0.25, 0.3) is 5.69 Å². The molecule has 0 aliphatic rings. The van der Waals surface area contributed by atoms with Crippen molar-refractivity contribution in [3.8, 4) is 5.69 Å². The van der Waals surface area contributed by atoms with Crippen LogP contribution in [0.2, 0.25) is 0 Å². The van der Waals surface area contributed by atoms with E-state index in [1.165, 1.54) is 4.90 Å². The van der Waals surface area contributed by atoms with Crippen molar-refractivity contribution >= 4 is 11.9 Å². The molecule has 7 nitrogen and oxygen atoms in total. The maximum atomic E-state index is 12.2. The van der Waals surface area contributed by atoms with Crippen LogP contribution in [0.15, 0.2) is 30.3 Å². The van der Waals surface area contributed by atoms with Crippen LogP contribution < -0.4 is 0 Å². The van der Waals surface area contributed by atoms with Crippen LogP contribution in [-0.2, 0) is 4.79 Å². The summed E-state index contributed by atoms with van der Waals surface area (Å²) in [6, 6.07) is 9.36. The summed E-state index contributed by atoms with van der Waals surface area (Å²) < 4.78 is 1.58. The van der Waals surface area contributed by atoms with Crippen LogP contribution in [0.3, 0.4) is 0 Å². The molecule has 1 aromatic carbocycles. The average molecular weight is 288 g/mol. The number of aliphatic carboxylic acids is 1. The number of carboxylic acid groups (broad SMARTS) is 1. The first-order chi connectivity index (χ1) is 10.0. The number of hydrogen-bond acceptors (Lipinski definition) is 4. The summed E-state index contributed by atoms with van der Waals surface area (Å²) in [6.45, 7) is 1.89. The van der Waals surface area contributed by atoms with Gasteiger partial charge in [0.15, 0.2) is 5.69 Å². The van der Waals surface area contributed by atoms with Gasteiger partial charge in [-0.05, 0) is 19.1 Å². The third-order valence-electron chi connectivity index (χ3n) is 3.11. The SMILES string of the molecule is Cc1c(C(=O)N(C)CCC(=O)O)nnn1-c1ccccc1. The van der Waals surface area contributed by atoms with E-state index in [1.54, 1.807) is 18.7 Å². The first-order valence-corrected chi connectivity index (χ1v) is 6.45. The van der Waals surface area contributed by atoms with E-state index in [0.717, 1.165) is 5.69 Å². The predicted octanol–water partition coefficient (Wildman–Crippen LogP) is 1.12. The first kappa shape index (κ1) is 14.7. The summed E-state index contributed by atoms with van der Waals surface area (Å²) in [4.78, 5) is 24.1. The van der Waals surface area contributed by atoms with E-state index in [2.05, 4.69) is 10.3 Å². The molecule has 0 saturated heterocycles. The Morgan fingerprint density at radius 2 is 1.95 bits per heavy atom. The second-order valence-corrected chi connectivity index (χ2v) is 4.64. The van der Waals surface area contributed by atoms with Gasteiger partial charge in [0.2, 0.25) is 0 Å². The van der Waals surface area contributed by atoms with E-state index in [1.807, 2.05) is 30.3 Å². The molecule has 0 atom stereocenters. The third kappa shape index (κ3) is 3.25. The third-order valence-corrected chi connectivity index (χ3v) is 3.11. The summed E-state index contributed by atoms with van der Waals surface area (Å²) in [5, 5.41) is 16.6. The number of hydrogen-bond donors (Lipinski definition) is 1. The molecular formula is C14H16N4O3. The van der Waals surface area contributed by atoms with Crippen LogP contribution in [0.5, 0.6) is 0 Å². The maximum Gasteiger partial charge on any atom is 0.305 e. The van der Waals surface area contributed by atoms with Crippen molar-refractivity contribution in [3.63, 3.8) is 0 Å². The molecule has 2 rings (SSSR count). The van der Waals surface area contributed by atoms with Crippen molar-refractivity contribution in [2.24, 2.45) is 0 Å². The maximum absolute atomic E-state index is 12.2. The van der Waals surface area contributed by atoms with E-state index < -0.39 is 5.97 Å². The summed E-state index contributed by atoms with van der Waals surface area (Å²) in [5.41, 5.74) is 1.66. The second-order valence-electron chi connectivity index (χ2n) is 4.64. The minimum Gasteiger partial charge on any atom is -0.481 e. The number of amides is 1. The van der Waals surface area contributed by atoms with E-state index in [-0.39, 0.29) is 24.6 Å². The molecule has 2 aromatic rings. The van der Waals surface area contributed by atoms with Crippen molar-refractivity contribution in [1.29, 1.82) is 0 Å². The molecule has 0 radical (unpaired) electrons. The molecule has 110 valence electrons. The molecule has 1 amide bonds. The quantitative estimate of drug-likeness (QED) is 0.890. The molecule has 0 aliphatic heterocycles. The summed E-state index contributed by atoms with van der Waals surface area (Å²) in [7, 11) is 1.55. The Morgan fingerprint density at radius 1 is 1.29 bits per heavy atom. The molecule has 1 aromatic heterocycles. The number of aromatic nitrogens is 3. The van der Waals surface area contributed by atoms with Crippen molar-refractivity contribution in [1.82, 2.24) is 19.9 Å². The molecule has 21 heavy (non-hydrogen) atoms. The molecule has 0 saturated carbocycles. The van der Waals surface area contributed by atoms with Crippen LogP contribution in [-0.4, -0.2) is 50.5 Å². The van der Waals surface area contributed by atoms with Crippen molar-refractivity contribution < 1.29 is 14.7 Å². The smallest absolute Gasteiger partial charge is 0.305 e. The zero-order valence-corrected chi connectivity index (χ0v) is 11.9. The van der Waals surface area contributed by atoms with Gasteiger partial charge in [-0.25, -0.2) is 4.68 Å². The van der Waals surface area contributed by atoms with Gasteiger partial charge in [0.05, 0.1) is 17.8 Å². The highest BCUT2D eigenvalue weighted by Crippen LogP contribution is 2.13.